The third-order valence-corrected chi connectivity index (χ3v) is 9.37. The van der Waals surface area contributed by atoms with Crippen LogP contribution in [0.15, 0.2) is 11.6 Å². The number of fused-ring (bicyclic) bond motifs is 3. The molecule has 3 fully saturated rings. The molecule has 7 atom stereocenters. The van der Waals surface area contributed by atoms with Crippen LogP contribution >= 0.6 is 0 Å². The van der Waals surface area contributed by atoms with E-state index in [2.05, 4.69) is 13.8 Å². The van der Waals surface area contributed by atoms with E-state index in [0.29, 0.717) is 18.9 Å². The Labute approximate surface area is 184 Å². The zero-order valence-electron chi connectivity index (χ0n) is 19.2. The summed E-state index contributed by atoms with van der Waals surface area (Å²) in [5.74, 6) is -0.512. The predicted octanol–water partition coefficient (Wildman–Crippen LogP) is 4.52. The van der Waals surface area contributed by atoms with E-state index in [-0.39, 0.29) is 40.7 Å². The average molecular weight is 433 g/mol. The summed E-state index contributed by atoms with van der Waals surface area (Å²) in [6.45, 7) is 8.22. The summed E-state index contributed by atoms with van der Waals surface area (Å²) in [6, 6.07) is 0. The summed E-state index contributed by atoms with van der Waals surface area (Å²) < 4.78 is 11.1. The van der Waals surface area contributed by atoms with Gasteiger partial charge in [0.05, 0.1) is 5.41 Å². The lowest BCUT2D eigenvalue weighted by molar-refractivity contribution is -0.200. The maximum Gasteiger partial charge on any atom is 0.331 e. The normalized spacial score (nSPS) is 44.5. The standard InChI is InChI=1S/C25H36O6/c1-15(26)31-21-17-6-7-19-24(3,9-5-10-25(19,4)22(28)29)18(17)8-11-23(21,2)13-16-12-20(27)30-14-16/h12,17-19,21H,5-11,13-14H2,1-4H3,(H,28,29)/t17-,18+,19-,21+,23-,24-,25-/m1/s1. The molecule has 4 rings (SSSR count). The predicted molar refractivity (Wildman–Crippen MR) is 114 cm³/mol. The molecule has 1 aliphatic heterocycles. The zero-order chi connectivity index (χ0) is 22.6. The first kappa shape index (κ1) is 22.3. The number of carboxylic acid groups (broad SMARTS) is 1. The molecule has 0 spiro atoms. The van der Waals surface area contributed by atoms with Crippen LogP contribution in [0, 0.1) is 34.0 Å². The van der Waals surface area contributed by atoms with E-state index in [4.69, 9.17) is 9.47 Å². The van der Waals surface area contributed by atoms with Gasteiger partial charge in [-0.3, -0.25) is 9.59 Å². The van der Waals surface area contributed by atoms with Gasteiger partial charge >= 0.3 is 17.9 Å². The van der Waals surface area contributed by atoms with E-state index in [1.165, 1.54) is 6.92 Å². The molecule has 0 unspecified atom stereocenters. The van der Waals surface area contributed by atoms with Crippen molar-refractivity contribution in [1.82, 2.24) is 0 Å². The third kappa shape index (κ3) is 3.60. The molecule has 0 amide bonds. The number of aliphatic carboxylic acids is 1. The molecular formula is C25H36O6. The van der Waals surface area contributed by atoms with Crippen molar-refractivity contribution < 1.29 is 29.0 Å². The Morgan fingerprint density at radius 1 is 1.16 bits per heavy atom. The Bertz CT molecular complexity index is 817. The SMILES string of the molecule is CC(=O)O[C@H]1[C@@H]2CC[C@@H]3[C@](C)(CCC[C@@]3(C)C(=O)O)[C@H]2CC[C@]1(C)CC1=CC(=O)OC1. The maximum atomic E-state index is 12.3. The molecule has 0 aromatic rings. The fourth-order valence-electron chi connectivity index (χ4n) is 7.99. The summed E-state index contributed by atoms with van der Waals surface area (Å²) in [6.07, 6.45) is 8.40. The van der Waals surface area contributed by atoms with Gasteiger partial charge in [0.25, 0.3) is 0 Å². The number of hydrogen-bond donors (Lipinski definition) is 1. The number of ether oxygens (including phenoxy) is 2. The molecular weight excluding hydrogens is 396 g/mol. The minimum absolute atomic E-state index is 0.0558. The molecule has 1 N–H and O–H groups in total. The molecule has 0 saturated heterocycles. The fourth-order valence-corrected chi connectivity index (χ4v) is 7.99. The van der Waals surface area contributed by atoms with Crippen LogP contribution in [0.4, 0.5) is 0 Å². The molecule has 0 radical (unpaired) electrons. The van der Waals surface area contributed by atoms with Crippen molar-refractivity contribution in [3.63, 3.8) is 0 Å². The Morgan fingerprint density at radius 2 is 1.90 bits per heavy atom. The third-order valence-electron chi connectivity index (χ3n) is 9.37. The summed E-state index contributed by atoms with van der Waals surface area (Å²) >= 11 is 0. The summed E-state index contributed by atoms with van der Waals surface area (Å²) in [7, 11) is 0. The number of carboxylic acids is 1. The summed E-state index contributed by atoms with van der Waals surface area (Å²) in [5.41, 5.74) is -0.0124. The highest BCUT2D eigenvalue weighted by atomic mass is 16.5. The topological polar surface area (TPSA) is 89.9 Å². The van der Waals surface area contributed by atoms with E-state index in [1.807, 2.05) is 6.92 Å². The number of carbonyl (C=O) groups excluding carboxylic acids is 2. The first-order valence-corrected chi connectivity index (χ1v) is 11.8. The molecule has 1 heterocycles. The van der Waals surface area contributed by atoms with Crippen molar-refractivity contribution in [3.8, 4) is 0 Å². The van der Waals surface area contributed by atoms with Crippen molar-refractivity contribution in [1.29, 1.82) is 0 Å². The highest BCUT2D eigenvalue weighted by molar-refractivity contribution is 5.85. The van der Waals surface area contributed by atoms with Crippen molar-refractivity contribution in [3.05, 3.63) is 11.6 Å². The molecule has 3 aliphatic carbocycles. The first-order chi connectivity index (χ1) is 14.5. The van der Waals surface area contributed by atoms with Crippen LogP contribution in [0.1, 0.15) is 79.1 Å². The van der Waals surface area contributed by atoms with Gasteiger partial charge in [-0.25, -0.2) is 4.79 Å². The van der Waals surface area contributed by atoms with E-state index < -0.39 is 11.4 Å². The van der Waals surface area contributed by atoms with Crippen LogP contribution in [0.3, 0.4) is 0 Å². The van der Waals surface area contributed by atoms with Gasteiger partial charge in [-0.1, -0.05) is 20.3 Å². The minimum atomic E-state index is -0.679. The molecule has 6 heteroatoms. The second-order valence-electron chi connectivity index (χ2n) is 11.3. The largest absolute Gasteiger partial charge is 0.481 e. The summed E-state index contributed by atoms with van der Waals surface area (Å²) in [5, 5.41) is 10.1. The van der Waals surface area contributed by atoms with Crippen molar-refractivity contribution in [2.75, 3.05) is 6.61 Å². The number of esters is 2. The van der Waals surface area contributed by atoms with Gasteiger partial charge in [-0.05, 0) is 80.6 Å². The van der Waals surface area contributed by atoms with E-state index in [0.717, 1.165) is 50.5 Å². The lowest BCUT2D eigenvalue weighted by atomic mass is 9.42. The second kappa shape index (κ2) is 7.63. The van der Waals surface area contributed by atoms with Gasteiger partial charge < -0.3 is 14.6 Å². The second-order valence-corrected chi connectivity index (χ2v) is 11.3. The molecule has 3 saturated carbocycles. The maximum absolute atomic E-state index is 12.3. The van der Waals surface area contributed by atoms with Gasteiger partial charge in [-0.2, -0.15) is 0 Å². The summed E-state index contributed by atoms with van der Waals surface area (Å²) in [4.78, 5) is 35.9. The molecule has 0 aromatic carbocycles. The van der Waals surface area contributed by atoms with Gasteiger partial charge in [-0.15, -0.1) is 0 Å². The Morgan fingerprint density at radius 3 is 2.52 bits per heavy atom. The lowest BCUT2D eigenvalue weighted by Gasteiger charge is -2.63. The lowest BCUT2D eigenvalue weighted by Crippen LogP contribution is -2.60. The van der Waals surface area contributed by atoms with Gasteiger partial charge in [0.2, 0.25) is 0 Å². The number of rotatable bonds is 4. The quantitative estimate of drug-likeness (QED) is 0.657. The smallest absolute Gasteiger partial charge is 0.331 e. The van der Waals surface area contributed by atoms with E-state index >= 15 is 0 Å². The zero-order valence-corrected chi connectivity index (χ0v) is 19.2. The monoisotopic (exact) mass is 432 g/mol. The number of cyclic esters (lactones) is 1. The number of carbonyl (C=O) groups is 3. The van der Waals surface area contributed by atoms with Gasteiger partial charge in [0.1, 0.15) is 12.7 Å². The Balaban J connectivity index is 1.65. The van der Waals surface area contributed by atoms with Crippen LogP contribution in [0.2, 0.25) is 0 Å². The fraction of sp³-hybridized carbons (Fsp3) is 0.800. The van der Waals surface area contributed by atoms with Gasteiger partial charge in [0.15, 0.2) is 0 Å². The van der Waals surface area contributed by atoms with Gasteiger partial charge in [0, 0.05) is 18.4 Å². The Hall–Kier alpha value is -1.85. The van der Waals surface area contributed by atoms with Crippen LogP contribution in [-0.4, -0.2) is 35.7 Å². The molecule has 31 heavy (non-hydrogen) atoms. The average Bonchev–Trinajstić information content (AvgIpc) is 3.07. The van der Waals surface area contributed by atoms with Crippen molar-refractivity contribution in [2.24, 2.45) is 34.0 Å². The van der Waals surface area contributed by atoms with Crippen molar-refractivity contribution >= 4 is 17.9 Å². The molecule has 0 aromatic heterocycles. The van der Waals surface area contributed by atoms with Crippen molar-refractivity contribution in [2.45, 2.75) is 85.2 Å². The molecule has 4 aliphatic rings. The van der Waals surface area contributed by atoms with Crippen LogP contribution in [0.5, 0.6) is 0 Å². The highest BCUT2D eigenvalue weighted by Gasteiger charge is 2.62. The van der Waals surface area contributed by atoms with Crippen LogP contribution < -0.4 is 0 Å². The highest BCUT2D eigenvalue weighted by Crippen LogP contribution is 2.66. The molecule has 6 nitrogen and oxygen atoms in total. The van der Waals surface area contributed by atoms with Crippen LogP contribution in [-0.2, 0) is 23.9 Å². The Kier molecular flexibility index (Phi) is 5.50. The minimum Gasteiger partial charge on any atom is -0.481 e. The molecule has 172 valence electrons. The molecule has 0 bridgehead atoms. The first-order valence-electron chi connectivity index (χ1n) is 11.8. The van der Waals surface area contributed by atoms with E-state index in [9.17, 15) is 19.5 Å². The van der Waals surface area contributed by atoms with E-state index in [1.54, 1.807) is 6.08 Å². The number of hydrogen-bond acceptors (Lipinski definition) is 5. The van der Waals surface area contributed by atoms with Crippen LogP contribution in [0.25, 0.3) is 0 Å².